The fraction of sp³-hybridized carbons (Fsp3) is 0.211. The van der Waals surface area contributed by atoms with Gasteiger partial charge in [0.1, 0.15) is 5.01 Å². The van der Waals surface area contributed by atoms with Gasteiger partial charge in [-0.15, -0.1) is 22.7 Å². The molecule has 0 radical (unpaired) electrons. The van der Waals surface area contributed by atoms with E-state index < -0.39 is 5.41 Å². The first-order valence-electron chi connectivity index (χ1n) is 7.91. The van der Waals surface area contributed by atoms with E-state index in [0.717, 1.165) is 10.6 Å². The molecule has 0 spiro atoms. The number of halogens is 1. The smallest absolute Gasteiger partial charge is 0.266 e. The quantitative estimate of drug-likeness (QED) is 0.727. The molecule has 0 saturated heterocycles. The molecule has 2 aromatic heterocycles. The molecular weight excluding hydrogens is 388 g/mol. The molecule has 26 heavy (non-hydrogen) atoms. The number of benzene rings is 1. The maximum absolute atomic E-state index is 12.1. The molecule has 0 aliphatic rings. The third kappa shape index (κ3) is 4.38. The molecule has 7 heteroatoms. The normalized spacial score (nSPS) is 13.4. The number of H-pyrrole nitrogens is 1. The Morgan fingerprint density at radius 1 is 1.23 bits per heavy atom. The highest BCUT2D eigenvalue weighted by Crippen LogP contribution is 2.25. The lowest BCUT2D eigenvalue weighted by atomic mass is 9.91. The fourth-order valence-electron chi connectivity index (χ4n) is 2.07. The van der Waals surface area contributed by atoms with Crippen LogP contribution in [0.3, 0.4) is 0 Å². The number of thiazole rings is 2. The summed E-state index contributed by atoms with van der Waals surface area (Å²) in [5.41, 5.74) is 0.988. The average molecular weight is 405 g/mol. The number of hydrogen-bond acceptors (Lipinski definition) is 5. The number of aromatic amines is 1. The van der Waals surface area contributed by atoms with Crippen molar-refractivity contribution >= 4 is 52.2 Å². The highest BCUT2D eigenvalue weighted by atomic mass is 35.5. The van der Waals surface area contributed by atoms with Crippen LogP contribution in [-0.2, 0) is 4.79 Å². The van der Waals surface area contributed by atoms with Crippen molar-refractivity contribution in [2.75, 3.05) is 0 Å². The van der Waals surface area contributed by atoms with Crippen LogP contribution in [-0.4, -0.2) is 15.8 Å². The Labute approximate surface area is 163 Å². The zero-order chi connectivity index (χ0) is 18.9. The summed E-state index contributed by atoms with van der Waals surface area (Å²) in [6, 6.07) is 7.46. The molecule has 3 rings (SSSR count). The Hall–Kier alpha value is -2.02. The monoisotopic (exact) mass is 404 g/mol. The second-order valence-electron chi connectivity index (χ2n) is 6.77. The Morgan fingerprint density at radius 3 is 2.58 bits per heavy atom. The third-order valence-electron chi connectivity index (χ3n) is 3.57. The van der Waals surface area contributed by atoms with Crippen LogP contribution in [0.4, 0.5) is 0 Å². The van der Waals surface area contributed by atoms with Crippen molar-refractivity contribution in [3.8, 4) is 10.6 Å². The summed E-state index contributed by atoms with van der Waals surface area (Å²) in [6.45, 7) is 5.54. The summed E-state index contributed by atoms with van der Waals surface area (Å²) in [6.07, 6.45) is 3.22. The van der Waals surface area contributed by atoms with E-state index in [1.807, 2.05) is 50.4 Å². The zero-order valence-electron chi connectivity index (χ0n) is 14.5. The predicted octanol–water partition coefficient (Wildman–Crippen LogP) is 3.44. The van der Waals surface area contributed by atoms with Crippen LogP contribution < -0.4 is 14.8 Å². The fourth-order valence-corrected chi connectivity index (χ4v) is 3.85. The average Bonchev–Trinajstić information content (AvgIpc) is 3.15. The van der Waals surface area contributed by atoms with Crippen LogP contribution in [0.15, 0.2) is 34.4 Å². The molecule has 3 aromatic rings. The van der Waals surface area contributed by atoms with E-state index in [9.17, 15) is 9.59 Å². The van der Waals surface area contributed by atoms with E-state index in [0.29, 0.717) is 19.9 Å². The first-order chi connectivity index (χ1) is 12.2. The van der Waals surface area contributed by atoms with Crippen LogP contribution in [0.5, 0.6) is 0 Å². The number of nitrogens with one attached hydrogen (secondary N) is 1. The molecule has 0 bridgehead atoms. The first-order valence-corrected chi connectivity index (χ1v) is 9.98. The Bertz CT molecular complexity index is 1120. The summed E-state index contributed by atoms with van der Waals surface area (Å²) in [5.74, 6) is -0.0276. The van der Waals surface area contributed by atoms with Gasteiger partial charge in [-0.3, -0.25) is 9.59 Å². The van der Waals surface area contributed by atoms with Crippen molar-refractivity contribution in [1.82, 2.24) is 9.97 Å². The van der Waals surface area contributed by atoms with Crippen LogP contribution in [0.2, 0.25) is 5.02 Å². The highest BCUT2D eigenvalue weighted by Gasteiger charge is 2.18. The number of rotatable bonds is 3. The van der Waals surface area contributed by atoms with Gasteiger partial charge in [0.2, 0.25) is 0 Å². The van der Waals surface area contributed by atoms with Gasteiger partial charge in [0.25, 0.3) is 5.56 Å². The van der Waals surface area contributed by atoms with E-state index in [-0.39, 0.29) is 11.3 Å². The lowest BCUT2D eigenvalue weighted by molar-refractivity contribution is -0.119. The highest BCUT2D eigenvalue weighted by molar-refractivity contribution is 7.13. The van der Waals surface area contributed by atoms with Gasteiger partial charge in [-0.05, 0) is 18.2 Å². The lowest BCUT2D eigenvalue weighted by Crippen LogP contribution is -2.22. The van der Waals surface area contributed by atoms with Gasteiger partial charge in [-0.2, -0.15) is 0 Å². The minimum atomic E-state index is -0.479. The zero-order valence-corrected chi connectivity index (χ0v) is 16.9. The largest absolute Gasteiger partial charge is 0.313 e. The predicted molar refractivity (Wildman–Crippen MR) is 109 cm³/mol. The number of Topliss-reactive ketones (excluding diaryl/α,β-unsaturated/α-hetero) is 1. The van der Waals surface area contributed by atoms with Crippen molar-refractivity contribution in [1.29, 1.82) is 0 Å². The maximum atomic E-state index is 12.1. The Morgan fingerprint density at radius 2 is 1.92 bits per heavy atom. The molecule has 0 amide bonds. The van der Waals surface area contributed by atoms with Crippen molar-refractivity contribution in [2.24, 2.45) is 5.41 Å². The van der Waals surface area contributed by atoms with Crippen molar-refractivity contribution < 1.29 is 4.79 Å². The van der Waals surface area contributed by atoms with Gasteiger partial charge in [0.15, 0.2) is 5.78 Å². The SMILES string of the molecule is CC(C)(C)C(=O)/C=c1\[nH]c(=O)/c(=C\c2csc(-c3ccc(Cl)cc3)n2)s1. The van der Waals surface area contributed by atoms with E-state index in [1.165, 1.54) is 28.7 Å². The summed E-state index contributed by atoms with van der Waals surface area (Å²) < 4.78 is 1.07. The van der Waals surface area contributed by atoms with E-state index in [2.05, 4.69) is 9.97 Å². The van der Waals surface area contributed by atoms with Crippen molar-refractivity contribution in [3.05, 3.63) is 59.9 Å². The standard InChI is InChI=1S/C19H17ClN2O2S2/c1-19(2,3)15(23)9-16-22-17(24)14(26-16)8-13-10-25-18(21-13)11-4-6-12(20)7-5-11/h4-10H,1-3H3,(H,22,24)/b14-8+,16-9+. The molecule has 0 unspecified atom stereocenters. The van der Waals surface area contributed by atoms with E-state index >= 15 is 0 Å². The number of carbonyl (C=O) groups excluding carboxylic acids is 1. The maximum Gasteiger partial charge on any atom is 0.266 e. The molecule has 0 atom stereocenters. The molecule has 2 heterocycles. The van der Waals surface area contributed by atoms with Crippen LogP contribution in [0.1, 0.15) is 26.5 Å². The molecular formula is C19H17ClN2O2S2. The summed E-state index contributed by atoms with van der Waals surface area (Å²) in [7, 11) is 0. The van der Waals surface area contributed by atoms with Gasteiger partial charge in [0, 0.05) is 27.5 Å². The van der Waals surface area contributed by atoms with E-state index in [4.69, 9.17) is 11.6 Å². The Balaban J connectivity index is 1.94. The van der Waals surface area contributed by atoms with Gasteiger partial charge in [-0.25, -0.2) is 4.98 Å². The molecule has 0 saturated carbocycles. The molecule has 1 aromatic carbocycles. The second-order valence-corrected chi connectivity index (χ2v) is 9.15. The minimum Gasteiger partial charge on any atom is -0.313 e. The molecule has 0 fully saturated rings. The molecule has 1 N–H and O–H groups in total. The number of ketones is 1. The molecule has 0 aliphatic heterocycles. The van der Waals surface area contributed by atoms with Crippen LogP contribution >= 0.6 is 34.3 Å². The van der Waals surface area contributed by atoms with Gasteiger partial charge >= 0.3 is 0 Å². The summed E-state index contributed by atoms with van der Waals surface area (Å²) >= 11 is 8.66. The van der Waals surface area contributed by atoms with Crippen LogP contribution in [0.25, 0.3) is 22.7 Å². The molecule has 134 valence electrons. The summed E-state index contributed by atoms with van der Waals surface area (Å²) in [5, 5.41) is 3.43. The second kappa shape index (κ2) is 7.31. The third-order valence-corrected chi connectivity index (χ3v) is 5.70. The first kappa shape index (κ1) is 18.8. The van der Waals surface area contributed by atoms with E-state index in [1.54, 1.807) is 6.08 Å². The minimum absolute atomic E-state index is 0.0276. The van der Waals surface area contributed by atoms with Crippen molar-refractivity contribution in [2.45, 2.75) is 20.8 Å². The van der Waals surface area contributed by atoms with Crippen LogP contribution in [0, 0.1) is 5.41 Å². The van der Waals surface area contributed by atoms with Gasteiger partial charge < -0.3 is 4.98 Å². The van der Waals surface area contributed by atoms with Gasteiger partial charge in [0.05, 0.1) is 14.9 Å². The Kier molecular flexibility index (Phi) is 5.27. The van der Waals surface area contributed by atoms with Gasteiger partial charge in [-0.1, -0.05) is 44.5 Å². The number of hydrogen-bond donors (Lipinski definition) is 1. The topological polar surface area (TPSA) is 62.8 Å². The number of nitrogens with zero attached hydrogens (tertiary/aromatic N) is 1. The summed E-state index contributed by atoms with van der Waals surface area (Å²) in [4.78, 5) is 31.5. The lowest BCUT2D eigenvalue weighted by Gasteiger charge is -2.12. The molecule has 4 nitrogen and oxygen atoms in total. The number of aromatic nitrogens is 2. The molecule has 0 aliphatic carbocycles. The van der Waals surface area contributed by atoms with Crippen molar-refractivity contribution in [3.63, 3.8) is 0 Å². The number of carbonyl (C=O) groups is 1.